The van der Waals surface area contributed by atoms with E-state index in [-0.39, 0.29) is 6.04 Å². The number of fused-ring (bicyclic) bond motifs is 2. The molecule has 1 aliphatic carbocycles. The third kappa shape index (κ3) is 1.39. The molecule has 74 valence electrons. The van der Waals surface area contributed by atoms with E-state index in [0.717, 1.165) is 0 Å². The number of allylic oxidation sites excluding steroid dienone is 2. The molecule has 2 heteroatoms. The first kappa shape index (κ1) is 8.50. The van der Waals surface area contributed by atoms with Crippen molar-refractivity contribution in [2.45, 2.75) is 6.04 Å². The molecular formula is C13H12N2. The van der Waals surface area contributed by atoms with E-state index in [9.17, 15) is 0 Å². The van der Waals surface area contributed by atoms with Gasteiger partial charge in [-0.05, 0) is 16.0 Å². The van der Waals surface area contributed by atoms with Crippen LogP contribution >= 0.6 is 0 Å². The SMILES string of the molecule is C1=CC2=c3ccccc3=CNNC2C=C1. The van der Waals surface area contributed by atoms with Crippen LogP contribution in [0, 0.1) is 0 Å². The molecule has 0 saturated carbocycles. The van der Waals surface area contributed by atoms with Crippen LogP contribution in [0.3, 0.4) is 0 Å². The lowest BCUT2D eigenvalue weighted by molar-refractivity contribution is 0.646. The fraction of sp³-hybridized carbons (Fsp3) is 0.0769. The molecule has 15 heavy (non-hydrogen) atoms. The summed E-state index contributed by atoms with van der Waals surface area (Å²) in [5.74, 6) is 0. The molecule has 1 heterocycles. The molecular weight excluding hydrogens is 184 g/mol. The van der Waals surface area contributed by atoms with Crippen molar-refractivity contribution in [3.63, 3.8) is 0 Å². The van der Waals surface area contributed by atoms with E-state index in [4.69, 9.17) is 0 Å². The summed E-state index contributed by atoms with van der Waals surface area (Å²) < 4.78 is 0. The Labute approximate surface area is 88.3 Å². The summed E-state index contributed by atoms with van der Waals surface area (Å²) in [6.07, 6.45) is 10.5. The maximum Gasteiger partial charge on any atom is 0.0699 e. The third-order valence-electron chi connectivity index (χ3n) is 2.76. The minimum absolute atomic E-state index is 0.259. The fourth-order valence-electron chi connectivity index (χ4n) is 2.02. The zero-order chi connectivity index (χ0) is 10.1. The molecule has 0 radical (unpaired) electrons. The maximum absolute atomic E-state index is 3.25. The van der Waals surface area contributed by atoms with Gasteiger partial charge in [-0.25, -0.2) is 5.43 Å². The number of hydrogen-bond acceptors (Lipinski definition) is 2. The molecule has 0 bridgehead atoms. The van der Waals surface area contributed by atoms with Gasteiger partial charge in [0.05, 0.1) is 6.04 Å². The van der Waals surface area contributed by atoms with Gasteiger partial charge < -0.3 is 5.43 Å². The van der Waals surface area contributed by atoms with Gasteiger partial charge in [0, 0.05) is 6.20 Å². The van der Waals surface area contributed by atoms with Crippen molar-refractivity contribution in [1.29, 1.82) is 0 Å². The Morgan fingerprint density at radius 3 is 3.00 bits per heavy atom. The smallest absolute Gasteiger partial charge is 0.0699 e. The topological polar surface area (TPSA) is 24.1 Å². The second kappa shape index (κ2) is 3.41. The number of hydrazine groups is 1. The van der Waals surface area contributed by atoms with E-state index < -0.39 is 0 Å². The summed E-state index contributed by atoms with van der Waals surface area (Å²) in [5, 5.41) is 2.52. The second-order valence-electron chi connectivity index (χ2n) is 3.70. The molecule has 1 unspecified atom stereocenters. The van der Waals surface area contributed by atoms with E-state index >= 15 is 0 Å². The Bertz CT molecular complexity index is 552. The van der Waals surface area contributed by atoms with Gasteiger partial charge in [0.2, 0.25) is 0 Å². The number of rotatable bonds is 0. The molecule has 3 rings (SSSR count). The summed E-state index contributed by atoms with van der Waals surface area (Å²) in [5.41, 5.74) is 7.69. The molecule has 2 nitrogen and oxygen atoms in total. The lowest BCUT2D eigenvalue weighted by Crippen LogP contribution is -2.37. The molecule has 2 N–H and O–H groups in total. The Hall–Kier alpha value is -1.80. The van der Waals surface area contributed by atoms with Crippen LogP contribution in [0.15, 0.2) is 48.6 Å². The van der Waals surface area contributed by atoms with Crippen molar-refractivity contribution in [3.05, 3.63) is 59.0 Å². The van der Waals surface area contributed by atoms with Crippen molar-refractivity contribution >= 4 is 11.8 Å². The van der Waals surface area contributed by atoms with Crippen molar-refractivity contribution < 1.29 is 0 Å². The van der Waals surface area contributed by atoms with E-state index in [1.165, 1.54) is 16.0 Å². The van der Waals surface area contributed by atoms with Gasteiger partial charge in [-0.15, -0.1) is 0 Å². The molecule has 0 spiro atoms. The molecule has 1 aliphatic heterocycles. The highest BCUT2D eigenvalue weighted by atomic mass is 15.4. The Morgan fingerprint density at radius 1 is 1.07 bits per heavy atom. The molecule has 1 aromatic carbocycles. The molecule has 1 atom stereocenters. The molecule has 0 amide bonds. The van der Waals surface area contributed by atoms with Crippen LogP contribution in [-0.4, -0.2) is 6.04 Å². The summed E-state index contributed by atoms with van der Waals surface area (Å²) in [7, 11) is 0. The molecule has 0 aromatic heterocycles. The largest absolute Gasteiger partial charge is 0.327 e. The van der Waals surface area contributed by atoms with Crippen LogP contribution in [-0.2, 0) is 0 Å². The van der Waals surface area contributed by atoms with Gasteiger partial charge >= 0.3 is 0 Å². The zero-order valence-corrected chi connectivity index (χ0v) is 8.27. The highest BCUT2D eigenvalue weighted by molar-refractivity contribution is 5.67. The number of hydrogen-bond donors (Lipinski definition) is 2. The normalized spacial score (nSPS) is 22.1. The first-order chi connectivity index (χ1) is 7.45. The first-order valence-corrected chi connectivity index (χ1v) is 5.10. The van der Waals surface area contributed by atoms with Crippen molar-refractivity contribution in [3.8, 4) is 0 Å². The van der Waals surface area contributed by atoms with Crippen LogP contribution in [0.1, 0.15) is 0 Å². The van der Waals surface area contributed by atoms with Crippen LogP contribution in [0.5, 0.6) is 0 Å². The van der Waals surface area contributed by atoms with E-state index in [1.807, 2.05) is 6.20 Å². The second-order valence-corrected chi connectivity index (χ2v) is 3.70. The average molecular weight is 196 g/mol. The van der Waals surface area contributed by atoms with Crippen LogP contribution in [0.25, 0.3) is 11.8 Å². The summed E-state index contributed by atoms with van der Waals surface area (Å²) >= 11 is 0. The van der Waals surface area contributed by atoms with E-state index in [0.29, 0.717) is 0 Å². The minimum Gasteiger partial charge on any atom is -0.327 e. The van der Waals surface area contributed by atoms with Crippen LogP contribution in [0.2, 0.25) is 0 Å². The van der Waals surface area contributed by atoms with Gasteiger partial charge in [-0.3, -0.25) is 0 Å². The standard InChI is InChI=1S/C13H12N2/c1-2-6-11-10(5-1)9-14-15-13-8-4-3-7-12(11)13/h1-9,13-15H. The van der Waals surface area contributed by atoms with Gasteiger partial charge in [-0.2, -0.15) is 0 Å². The van der Waals surface area contributed by atoms with Gasteiger partial charge in [0.25, 0.3) is 0 Å². The quantitative estimate of drug-likeness (QED) is 0.618. The van der Waals surface area contributed by atoms with E-state index in [1.54, 1.807) is 0 Å². The van der Waals surface area contributed by atoms with Gasteiger partial charge in [-0.1, -0.05) is 48.6 Å². The number of nitrogens with one attached hydrogen (secondary N) is 2. The number of benzene rings is 1. The van der Waals surface area contributed by atoms with Crippen LogP contribution in [0.4, 0.5) is 0 Å². The summed E-state index contributed by atoms with van der Waals surface area (Å²) in [6, 6.07) is 8.67. The van der Waals surface area contributed by atoms with Crippen LogP contribution < -0.4 is 21.3 Å². The Balaban J connectivity index is 2.38. The molecule has 2 aliphatic rings. The van der Waals surface area contributed by atoms with Crippen molar-refractivity contribution in [2.24, 2.45) is 0 Å². The fourth-order valence-corrected chi connectivity index (χ4v) is 2.02. The minimum atomic E-state index is 0.259. The van der Waals surface area contributed by atoms with E-state index in [2.05, 4.69) is 59.4 Å². The first-order valence-electron chi connectivity index (χ1n) is 5.10. The summed E-state index contributed by atoms with van der Waals surface area (Å²) in [6.45, 7) is 0. The lowest BCUT2D eigenvalue weighted by Gasteiger charge is -2.16. The molecule has 0 fully saturated rings. The average Bonchev–Trinajstić information content (AvgIpc) is 2.48. The Morgan fingerprint density at radius 2 is 2.00 bits per heavy atom. The summed E-state index contributed by atoms with van der Waals surface area (Å²) in [4.78, 5) is 0. The Kier molecular flexibility index (Phi) is 1.93. The van der Waals surface area contributed by atoms with Gasteiger partial charge in [0.1, 0.15) is 0 Å². The third-order valence-corrected chi connectivity index (χ3v) is 2.76. The highest BCUT2D eigenvalue weighted by Gasteiger charge is 2.12. The zero-order valence-electron chi connectivity index (χ0n) is 8.27. The van der Waals surface area contributed by atoms with Crippen molar-refractivity contribution in [2.75, 3.05) is 0 Å². The predicted molar refractivity (Wildman–Crippen MR) is 61.9 cm³/mol. The van der Waals surface area contributed by atoms with Gasteiger partial charge in [0.15, 0.2) is 0 Å². The molecule has 1 aromatic rings. The van der Waals surface area contributed by atoms with Crippen molar-refractivity contribution in [1.82, 2.24) is 10.9 Å². The maximum atomic E-state index is 3.25. The molecule has 0 saturated heterocycles. The highest BCUT2D eigenvalue weighted by Crippen LogP contribution is 2.10. The monoisotopic (exact) mass is 196 g/mol. The lowest BCUT2D eigenvalue weighted by atomic mass is 9.99. The predicted octanol–water partition coefficient (Wildman–Crippen LogP) is 0.178.